The van der Waals surface area contributed by atoms with Gasteiger partial charge in [-0.25, -0.2) is 0 Å². The van der Waals surface area contributed by atoms with Crippen molar-refractivity contribution < 1.29 is 22.7 Å². The minimum Gasteiger partial charge on any atom is -0.481 e. The zero-order valence-electron chi connectivity index (χ0n) is 18.7. The molecule has 2 N–H and O–H groups in total. The van der Waals surface area contributed by atoms with Gasteiger partial charge in [0.15, 0.2) is 5.11 Å². The van der Waals surface area contributed by atoms with E-state index in [1.54, 1.807) is 26.0 Å². The van der Waals surface area contributed by atoms with Crippen molar-refractivity contribution >= 4 is 28.9 Å². The molecule has 0 aromatic heterocycles. The van der Waals surface area contributed by atoms with E-state index < -0.39 is 17.3 Å². The van der Waals surface area contributed by atoms with E-state index in [-0.39, 0.29) is 29.3 Å². The minimum absolute atomic E-state index is 0.0112. The van der Waals surface area contributed by atoms with Crippen molar-refractivity contribution in [1.82, 2.24) is 15.5 Å². The Morgan fingerprint density at radius 3 is 2.55 bits per heavy atom. The average Bonchev–Trinajstić information content (AvgIpc) is 3.04. The lowest BCUT2D eigenvalue weighted by molar-refractivity contribution is -0.138. The standard InChI is InChI=1S/C24H24F3N3O2S/c1-5-28-22(33)29-20-19(30-12-14-8-6-7-9-15(14)21(30)31)18-13(2)16(24(25,26)27)10-11-17(18)32-23(20,3)4/h6-11H,5,12H2,1-4H3,(H2,28,29,33). The summed E-state index contributed by atoms with van der Waals surface area (Å²) < 4.78 is 47.5. The van der Waals surface area contributed by atoms with E-state index in [4.69, 9.17) is 17.0 Å². The molecule has 2 aromatic carbocycles. The van der Waals surface area contributed by atoms with Gasteiger partial charge in [0.05, 0.1) is 23.5 Å². The summed E-state index contributed by atoms with van der Waals surface area (Å²) in [5, 5.41) is 6.39. The van der Waals surface area contributed by atoms with Gasteiger partial charge in [-0.2, -0.15) is 13.2 Å². The van der Waals surface area contributed by atoms with E-state index in [1.165, 1.54) is 17.9 Å². The molecule has 0 atom stereocenters. The first-order valence-corrected chi connectivity index (χ1v) is 11.0. The fraction of sp³-hybridized carbons (Fsp3) is 0.333. The van der Waals surface area contributed by atoms with Crippen molar-refractivity contribution in [3.05, 3.63) is 69.9 Å². The summed E-state index contributed by atoms with van der Waals surface area (Å²) in [6.07, 6.45) is -4.55. The fourth-order valence-electron chi connectivity index (χ4n) is 4.34. The predicted octanol–water partition coefficient (Wildman–Crippen LogP) is 4.99. The molecule has 0 unspecified atom stereocenters. The molecule has 174 valence electrons. The highest BCUT2D eigenvalue weighted by Crippen LogP contribution is 2.48. The molecular weight excluding hydrogens is 451 g/mol. The van der Waals surface area contributed by atoms with Crippen LogP contribution in [0.3, 0.4) is 0 Å². The third-order valence-electron chi connectivity index (χ3n) is 5.84. The number of alkyl halides is 3. The third-order valence-corrected chi connectivity index (χ3v) is 6.09. The second-order valence-electron chi connectivity index (χ2n) is 8.48. The zero-order valence-corrected chi connectivity index (χ0v) is 19.5. The van der Waals surface area contributed by atoms with Gasteiger partial charge < -0.3 is 20.3 Å². The quantitative estimate of drug-likeness (QED) is 0.613. The molecule has 2 aliphatic rings. The van der Waals surface area contributed by atoms with E-state index in [0.717, 1.165) is 11.6 Å². The lowest BCUT2D eigenvalue weighted by Gasteiger charge is -2.40. The largest absolute Gasteiger partial charge is 0.481 e. The number of carbonyl (C=O) groups is 1. The van der Waals surface area contributed by atoms with Crippen molar-refractivity contribution in [1.29, 1.82) is 0 Å². The molecule has 5 nitrogen and oxygen atoms in total. The lowest BCUT2D eigenvalue weighted by atomic mass is 9.89. The number of fused-ring (bicyclic) bond motifs is 2. The Balaban J connectivity index is 1.99. The number of nitrogens with zero attached hydrogens (tertiary/aromatic N) is 1. The summed E-state index contributed by atoms with van der Waals surface area (Å²) in [6, 6.07) is 9.50. The maximum absolute atomic E-state index is 13.8. The highest BCUT2D eigenvalue weighted by atomic mass is 32.1. The number of amides is 1. The molecular formula is C24H24F3N3O2S. The second-order valence-corrected chi connectivity index (χ2v) is 8.89. The molecule has 0 bridgehead atoms. The van der Waals surface area contributed by atoms with Crippen LogP contribution in [0.1, 0.15) is 53.4 Å². The van der Waals surface area contributed by atoms with Crippen LogP contribution >= 0.6 is 12.2 Å². The smallest absolute Gasteiger partial charge is 0.416 e. The fourth-order valence-corrected chi connectivity index (χ4v) is 4.59. The first kappa shape index (κ1) is 23.1. The van der Waals surface area contributed by atoms with Crippen LogP contribution in [0.4, 0.5) is 13.2 Å². The molecule has 0 saturated heterocycles. The summed E-state index contributed by atoms with van der Waals surface area (Å²) in [5.74, 6) is -0.00101. The van der Waals surface area contributed by atoms with E-state index in [0.29, 0.717) is 28.6 Å². The van der Waals surface area contributed by atoms with Crippen LogP contribution in [-0.2, 0) is 12.7 Å². The molecule has 33 heavy (non-hydrogen) atoms. The van der Waals surface area contributed by atoms with Gasteiger partial charge in [-0.3, -0.25) is 4.79 Å². The molecule has 1 amide bonds. The highest BCUT2D eigenvalue weighted by Gasteiger charge is 2.44. The van der Waals surface area contributed by atoms with Gasteiger partial charge in [-0.05, 0) is 69.2 Å². The van der Waals surface area contributed by atoms with Crippen LogP contribution in [0.5, 0.6) is 5.75 Å². The Bertz CT molecular complexity index is 1190. The van der Waals surface area contributed by atoms with Crippen LogP contribution < -0.4 is 15.4 Å². The SMILES string of the molecule is CCNC(=S)NC1=C(N2Cc3ccccc3C2=O)c2c(ccc(C(F)(F)F)c2C)OC1(C)C. The van der Waals surface area contributed by atoms with Crippen molar-refractivity contribution in [3.8, 4) is 5.75 Å². The number of benzene rings is 2. The molecule has 0 fully saturated rings. The Morgan fingerprint density at radius 1 is 1.21 bits per heavy atom. The van der Waals surface area contributed by atoms with Gasteiger partial charge in [0.25, 0.3) is 5.91 Å². The van der Waals surface area contributed by atoms with E-state index in [9.17, 15) is 18.0 Å². The van der Waals surface area contributed by atoms with Crippen molar-refractivity contribution in [2.75, 3.05) is 6.54 Å². The minimum atomic E-state index is -4.55. The molecule has 2 aliphatic heterocycles. The zero-order chi connectivity index (χ0) is 24.1. The number of hydrogen-bond acceptors (Lipinski definition) is 3. The highest BCUT2D eigenvalue weighted by molar-refractivity contribution is 7.80. The second kappa shape index (κ2) is 8.06. The maximum Gasteiger partial charge on any atom is 0.416 e. The Kier molecular flexibility index (Phi) is 5.64. The lowest BCUT2D eigenvalue weighted by Crippen LogP contribution is -2.48. The Hall–Kier alpha value is -3.07. The van der Waals surface area contributed by atoms with Gasteiger partial charge in [-0.1, -0.05) is 18.2 Å². The number of halogens is 3. The average molecular weight is 476 g/mol. The van der Waals surface area contributed by atoms with Crippen LogP contribution in [-0.4, -0.2) is 28.1 Å². The Morgan fingerprint density at radius 2 is 1.91 bits per heavy atom. The molecule has 9 heteroatoms. The normalized spacial score (nSPS) is 16.8. The summed E-state index contributed by atoms with van der Waals surface area (Å²) in [7, 11) is 0. The molecule has 0 radical (unpaired) electrons. The van der Waals surface area contributed by atoms with Gasteiger partial charge in [0.1, 0.15) is 11.4 Å². The van der Waals surface area contributed by atoms with Crippen LogP contribution in [0.25, 0.3) is 5.70 Å². The third kappa shape index (κ3) is 3.94. The van der Waals surface area contributed by atoms with Crippen LogP contribution in [0.15, 0.2) is 42.1 Å². The number of thiocarbonyl (C=S) groups is 1. The number of ether oxygens (including phenoxy) is 1. The number of nitrogens with one attached hydrogen (secondary N) is 2. The van der Waals surface area contributed by atoms with Gasteiger partial charge >= 0.3 is 6.18 Å². The number of rotatable bonds is 3. The molecule has 2 aromatic rings. The molecule has 0 aliphatic carbocycles. The molecule has 0 saturated carbocycles. The summed E-state index contributed by atoms with van der Waals surface area (Å²) >= 11 is 5.38. The Labute approximate surface area is 195 Å². The van der Waals surface area contributed by atoms with Crippen LogP contribution in [0, 0.1) is 6.92 Å². The summed E-state index contributed by atoms with van der Waals surface area (Å²) in [6.45, 7) is 7.63. The van der Waals surface area contributed by atoms with Crippen molar-refractivity contribution in [2.24, 2.45) is 0 Å². The topological polar surface area (TPSA) is 53.6 Å². The predicted molar refractivity (Wildman–Crippen MR) is 124 cm³/mol. The van der Waals surface area contributed by atoms with Gasteiger partial charge in [0, 0.05) is 17.7 Å². The van der Waals surface area contributed by atoms with Crippen LogP contribution in [0.2, 0.25) is 0 Å². The first-order chi connectivity index (χ1) is 15.5. The molecule has 2 heterocycles. The van der Waals surface area contributed by atoms with Gasteiger partial charge in [0.2, 0.25) is 0 Å². The molecule has 4 rings (SSSR count). The van der Waals surface area contributed by atoms with Gasteiger partial charge in [-0.15, -0.1) is 0 Å². The monoisotopic (exact) mass is 475 g/mol. The van der Waals surface area contributed by atoms with Crippen molar-refractivity contribution in [2.45, 2.75) is 46.0 Å². The maximum atomic E-state index is 13.8. The van der Waals surface area contributed by atoms with E-state index in [1.807, 2.05) is 19.1 Å². The van der Waals surface area contributed by atoms with Crippen molar-refractivity contribution in [3.63, 3.8) is 0 Å². The summed E-state index contributed by atoms with van der Waals surface area (Å²) in [4.78, 5) is 14.9. The summed E-state index contributed by atoms with van der Waals surface area (Å²) in [5.41, 5.74) is 0.530. The van der Waals surface area contributed by atoms with E-state index in [2.05, 4.69) is 10.6 Å². The number of hydrogen-bond donors (Lipinski definition) is 2. The molecule has 0 spiro atoms. The van der Waals surface area contributed by atoms with E-state index >= 15 is 0 Å². The number of carbonyl (C=O) groups excluding carboxylic acids is 1. The first-order valence-electron chi connectivity index (χ1n) is 10.5.